The maximum atomic E-state index is 12.4. The summed E-state index contributed by atoms with van der Waals surface area (Å²) in [5.74, 6) is 0.720. The van der Waals surface area contributed by atoms with Crippen LogP contribution in [0, 0.1) is 6.92 Å². The van der Waals surface area contributed by atoms with Gasteiger partial charge in [0, 0.05) is 12.6 Å². The lowest BCUT2D eigenvalue weighted by Gasteiger charge is -2.12. The summed E-state index contributed by atoms with van der Waals surface area (Å²) < 4.78 is 9.79. The Labute approximate surface area is 121 Å². The van der Waals surface area contributed by atoms with Gasteiger partial charge < -0.3 is 15.4 Å². The molecule has 1 aliphatic rings. The van der Waals surface area contributed by atoms with Gasteiger partial charge in [0.1, 0.15) is 17.4 Å². The molecule has 6 heteroatoms. The molecule has 0 saturated heterocycles. The lowest BCUT2D eigenvalue weighted by atomic mass is 10.1. The monoisotopic (exact) mass is 289 g/mol. The number of rotatable bonds is 3. The van der Waals surface area contributed by atoms with Crippen LogP contribution >= 0.6 is 11.5 Å². The first-order chi connectivity index (χ1) is 9.70. The number of nitrogens with one attached hydrogen (secondary N) is 2. The van der Waals surface area contributed by atoms with Gasteiger partial charge in [-0.25, -0.2) is 0 Å². The smallest absolute Gasteiger partial charge is 0.256 e. The van der Waals surface area contributed by atoms with Crippen LogP contribution in [0.4, 0.5) is 5.00 Å². The van der Waals surface area contributed by atoms with Gasteiger partial charge in [0.2, 0.25) is 0 Å². The number of para-hydroxylation sites is 1. The highest BCUT2D eigenvalue weighted by molar-refractivity contribution is 7.10. The number of anilines is 1. The maximum Gasteiger partial charge on any atom is 0.256 e. The molecule has 104 valence electrons. The quantitative estimate of drug-likeness (QED) is 0.910. The van der Waals surface area contributed by atoms with Gasteiger partial charge in [0.05, 0.1) is 17.3 Å². The van der Waals surface area contributed by atoms with E-state index < -0.39 is 0 Å². The highest BCUT2D eigenvalue weighted by Crippen LogP contribution is 2.32. The largest absolute Gasteiger partial charge is 0.491 e. The summed E-state index contributed by atoms with van der Waals surface area (Å²) in [6.45, 7) is 2.31. The average molecular weight is 289 g/mol. The molecule has 0 radical (unpaired) electrons. The molecule has 0 saturated carbocycles. The Morgan fingerprint density at radius 2 is 2.25 bits per heavy atom. The molecule has 1 aromatic carbocycles. The first kappa shape index (κ1) is 12.9. The SMILES string of the molecule is CNc1snc(C)c1C(=O)N[C@@H]1COc2ccccc21. The molecule has 3 rings (SSSR count). The summed E-state index contributed by atoms with van der Waals surface area (Å²) in [5.41, 5.74) is 2.37. The molecule has 1 atom stereocenters. The number of benzene rings is 1. The summed E-state index contributed by atoms with van der Waals surface area (Å²) in [5, 5.41) is 6.81. The van der Waals surface area contributed by atoms with Crippen molar-refractivity contribution in [2.45, 2.75) is 13.0 Å². The Morgan fingerprint density at radius 3 is 3.05 bits per heavy atom. The second-order valence-electron chi connectivity index (χ2n) is 4.60. The molecular formula is C14H15N3O2S. The number of ether oxygens (including phenoxy) is 1. The molecule has 1 amide bonds. The van der Waals surface area contributed by atoms with E-state index in [1.807, 2.05) is 31.2 Å². The summed E-state index contributed by atoms with van der Waals surface area (Å²) >= 11 is 1.29. The molecule has 5 nitrogen and oxygen atoms in total. The van der Waals surface area contributed by atoms with Gasteiger partial charge >= 0.3 is 0 Å². The minimum Gasteiger partial charge on any atom is -0.491 e. The van der Waals surface area contributed by atoms with Crippen LogP contribution in [0.15, 0.2) is 24.3 Å². The molecule has 0 bridgehead atoms. The zero-order valence-corrected chi connectivity index (χ0v) is 12.1. The van der Waals surface area contributed by atoms with Crippen LogP contribution in [0.25, 0.3) is 0 Å². The Hall–Kier alpha value is -2.08. The molecule has 0 aliphatic carbocycles. The normalized spacial score (nSPS) is 16.4. The van der Waals surface area contributed by atoms with E-state index in [9.17, 15) is 4.79 Å². The molecule has 2 aromatic rings. The Balaban J connectivity index is 1.82. The highest BCUT2D eigenvalue weighted by atomic mass is 32.1. The first-order valence-corrected chi connectivity index (χ1v) is 7.14. The number of hydrogen-bond donors (Lipinski definition) is 2. The van der Waals surface area contributed by atoms with Crippen LogP contribution < -0.4 is 15.4 Å². The Kier molecular flexibility index (Phi) is 3.31. The second kappa shape index (κ2) is 5.13. The molecule has 0 unspecified atom stereocenters. The van der Waals surface area contributed by atoms with Gasteiger partial charge in [-0.15, -0.1) is 0 Å². The Morgan fingerprint density at radius 1 is 1.45 bits per heavy atom. The van der Waals surface area contributed by atoms with Crippen LogP contribution in [0.2, 0.25) is 0 Å². The summed E-state index contributed by atoms with van der Waals surface area (Å²) in [4.78, 5) is 12.4. The van der Waals surface area contributed by atoms with E-state index in [0.29, 0.717) is 12.2 Å². The van der Waals surface area contributed by atoms with Gasteiger partial charge in [-0.05, 0) is 24.5 Å². The predicted octanol–water partition coefficient (Wildman–Crippen LogP) is 2.36. The van der Waals surface area contributed by atoms with Crippen LogP contribution in [0.3, 0.4) is 0 Å². The van der Waals surface area contributed by atoms with Crippen LogP contribution in [-0.4, -0.2) is 23.9 Å². The summed E-state index contributed by atoms with van der Waals surface area (Å²) in [6.07, 6.45) is 0. The van der Waals surface area contributed by atoms with Crippen molar-refractivity contribution in [3.63, 3.8) is 0 Å². The fourth-order valence-electron chi connectivity index (χ4n) is 2.32. The third-order valence-corrected chi connectivity index (χ3v) is 4.28. The molecule has 0 fully saturated rings. The van der Waals surface area contributed by atoms with Gasteiger partial charge in [0.25, 0.3) is 5.91 Å². The number of carbonyl (C=O) groups excluding carboxylic acids is 1. The fraction of sp³-hybridized carbons (Fsp3) is 0.286. The fourth-order valence-corrected chi connectivity index (χ4v) is 3.06. The van der Waals surface area contributed by atoms with E-state index in [2.05, 4.69) is 15.0 Å². The Bertz CT molecular complexity index is 654. The van der Waals surface area contributed by atoms with Gasteiger partial charge in [-0.2, -0.15) is 4.37 Å². The predicted molar refractivity (Wildman–Crippen MR) is 78.5 cm³/mol. The molecule has 1 aromatic heterocycles. The van der Waals surface area contributed by atoms with Gasteiger partial charge in [-0.1, -0.05) is 18.2 Å². The third-order valence-electron chi connectivity index (χ3n) is 3.32. The van der Waals surface area contributed by atoms with Crippen molar-refractivity contribution in [1.82, 2.24) is 9.69 Å². The van der Waals surface area contributed by atoms with Crippen LogP contribution in [0.1, 0.15) is 27.7 Å². The van der Waals surface area contributed by atoms with Crippen molar-refractivity contribution in [2.75, 3.05) is 19.0 Å². The van der Waals surface area contributed by atoms with Crippen molar-refractivity contribution in [3.8, 4) is 5.75 Å². The molecule has 1 aliphatic heterocycles. The van der Waals surface area contributed by atoms with Gasteiger partial charge in [0.15, 0.2) is 0 Å². The number of amides is 1. The number of fused-ring (bicyclic) bond motifs is 1. The van der Waals surface area contributed by atoms with E-state index in [1.165, 1.54) is 11.5 Å². The lowest BCUT2D eigenvalue weighted by Crippen LogP contribution is -2.30. The standard InChI is InChI=1S/C14H15N3O2S/c1-8-12(14(15-2)20-17-8)13(18)16-10-7-19-11-6-4-3-5-9(10)11/h3-6,10,15H,7H2,1-2H3,(H,16,18)/t10-/m1/s1. The van der Waals surface area contributed by atoms with Gasteiger partial charge in [-0.3, -0.25) is 4.79 Å². The van der Waals surface area contributed by atoms with Crippen molar-refractivity contribution in [1.29, 1.82) is 0 Å². The molecule has 2 N–H and O–H groups in total. The van der Waals surface area contributed by atoms with Crippen molar-refractivity contribution in [3.05, 3.63) is 41.1 Å². The number of nitrogens with zero attached hydrogens (tertiary/aromatic N) is 1. The molecular weight excluding hydrogens is 274 g/mol. The minimum atomic E-state index is -0.120. The maximum absolute atomic E-state index is 12.4. The minimum absolute atomic E-state index is 0.109. The van der Waals surface area contributed by atoms with Crippen molar-refractivity contribution < 1.29 is 9.53 Å². The highest BCUT2D eigenvalue weighted by Gasteiger charge is 2.27. The molecule has 20 heavy (non-hydrogen) atoms. The topological polar surface area (TPSA) is 63.2 Å². The second-order valence-corrected chi connectivity index (χ2v) is 5.37. The summed E-state index contributed by atoms with van der Waals surface area (Å²) in [6, 6.07) is 7.66. The average Bonchev–Trinajstić information content (AvgIpc) is 3.03. The molecule has 2 heterocycles. The number of aryl methyl sites for hydroxylation is 1. The van der Waals surface area contributed by atoms with Crippen LogP contribution in [-0.2, 0) is 0 Å². The zero-order valence-electron chi connectivity index (χ0n) is 11.3. The van der Waals surface area contributed by atoms with E-state index in [4.69, 9.17) is 4.74 Å². The van der Waals surface area contributed by atoms with Crippen molar-refractivity contribution >= 4 is 22.4 Å². The van der Waals surface area contributed by atoms with E-state index in [0.717, 1.165) is 22.0 Å². The summed E-state index contributed by atoms with van der Waals surface area (Å²) in [7, 11) is 1.79. The lowest BCUT2D eigenvalue weighted by molar-refractivity contribution is 0.0930. The van der Waals surface area contributed by atoms with E-state index >= 15 is 0 Å². The van der Waals surface area contributed by atoms with E-state index in [-0.39, 0.29) is 11.9 Å². The third kappa shape index (κ3) is 2.12. The number of hydrogen-bond acceptors (Lipinski definition) is 5. The van der Waals surface area contributed by atoms with E-state index in [1.54, 1.807) is 7.05 Å². The first-order valence-electron chi connectivity index (χ1n) is 6.37. The zero-order chi connectivity index (χ0) is 14.1. The number of carbonyl (C=O) groups is 1. The van der Waals surface area contributed by atoms with Crippen LogP contribution in [0.5, 0.6) is 5.75 Å². The molecule has 0 spiro atoms. The van der Waals surface area contributed by atoms with Crippen molar-refractivity contribution in [2.24, 2.45) is 0 Å². The number of aromatic nitrogens is 1.